The highest BCUT2D eigenvalue weighted by atomic mass is 127. The highest BCUT2D eigenvalue weighted by Gasteiger charge is 2.13. The van der Waals surface area contributed by atoms with E-state index in [9.17, 15) is 4.79 Å². The minimum absolute atomic E-state index is 0. The van der Waals surface area contributed by atoms with Crippen molar-refractivity contribution in [3.63, 3.8) is 0 Å². The van der Waals surface area contributed by atoms with Gasteiger partial charge in [-0.25, -0.2) is 0 Å². The Morgan fingerprint density at radius 2 is 1.86 bits per heavy atom. The van der Waals surface area contributed by atoms with Gasteiger partial charge in [-0.1, -0.05) is 12.1 Å². The third-order valence-electron chi connectivity index (χ3n) is 4.66. The van der Waals surface area contributed by atoms with Gasteiger partial charge in [0.15, 0.2) is 5.96 Å². The number of aliphatic imine (C=N–C) groups is 1. The molecule has 0 bridgehead atoms. The SMILES string of the molecule is CN=C(NCCCOCC1CCOCC1)NCCc1ccc(NC(C)=O)cc1.I. The number of hydrogen-bond acceptors (Lipinski definition) is 4. The van der Waals surface area contributed by atoms with Crippen LogP contribution in [0.1, 0.15) is 31.7 Å². The molecule has 0 saturated carbocycles. The van der Waals surface area contributed by atoms with Crippen molar-refractivity contribution in [3.8, 4) is 0 Å². The quantitative estimate of drug-likeness (QED) is 0.192. The smallest absolute Gasteiger partial charge is 0.221 e. The molecular formula is C21H35IN4O3. The first kappa shape index (κ1) is 25.6. The second kappa shape index (κ2) is 15.4. The Kier molecular flexibility index (Phi) is 13.7. The summed E-state index contributed by atoms with van der Waals surface area (Å²) in [4.78, 5) is 15.3. The fourth-order valence-corrected chi connectivity index (χ4v) is 3.05. The Morgan fingerprint density at radius 1 is 1.17 bits per heavy atom. The number of carbonyl (C=O) groups excluding carboxylic acids is 1. The molecule has 1 amide bonds. The van der Waals surface area contributed by atoms with E-state index in [-0.39, 0.29) is 29.9 Å². The van der Waals surface area contributed by atoms with Crippen LogP contribution in [-0.4, -0.2) is 58.4 Å². The Bertz CT molecular complexity index is 604. The Morgan fingerprint density at radius 3 is 2.52 bits per heavy atom. The molecule has 0 radical (unpaired) electrons. The van der Waals surface area contributed by atoms with Crippen molar-refractivity contribution in [1.29, 1.82) is 0 Å². The third-order valence-corrected chi connectivity index (χ3v) is 4.66. The summed E-state index contributed by atoms with van der Waals surface area (Å²) < 4.78 is 11.1. The first-order valence-electron chi connectivity index (χ1n) is 10.1. The lowest BCUT2D eigenvalue weighted by Gasteiger charge is -2.21. The highest BCUT2D eigenvalue weighted by molar-refractivity contribution is 14.0. The molecule has 1 heterocycles. The van der Waals surface area contributed by atoms with Crippen LogP contribution in [0.5, 0.6) is 0 Å². The predicted molar refractivity (Wildman–Crippen MR) is 128 cm³/mol. The summed E-state index contributed by atoms with van der Waals surface area (Å²) in [6, 6.07) is 7.89. The monoisotopic (exact) mass is 518 g/mol. The maximum absolute atomic E-state index is 11.0. The van der Waals surface area contributed by atoms with Crippen molar-refractivity contribution in [2.24, 2.45) is 10.9 Å². The van der Waals surface area contributed by atoms with Gasteiger partial charge in [0.2, 0.25) is 5.91 Å². The summed E-state index contributed by atoms with van der Waals surface area (Å²) in [6.45, 7) is 6.49. The average Bonchev–Trinajstić information content (AvgIpc) is 2.71. The summed E-state index contributed by atoms with van der Waals surface area (Å²) in [5, 5.41) is 9.41. The number of ether oxygens (including phenoxy) is 2. The topological polar surface area (TPSA) is 84.0 Å². The summed E-state index contributed by atoms with van der Waals surface area (Å²) in [7, 11) is 1.78. The van der Waals surface area contributed by atoms with Crippen molar-refractivity contribution in [3.05, 3.63) is 29.8 Å². The van der Waals surface area contributed by atoms with Crippen LogP contribution >= 0.6 is 24.0 Å². The molecule has 1 aromatic carbocycles. The lowest BCUT2D eigenvalue weighted by Crippen LogP contribution is -2.39. The third kappa shape index (κ3) is 11.4. The maximum Gasteiger partial charge on any atom is 0.221 e. The van der Waals surface area contributed by atoms with Gasteiger partial charge in [-0.05, 0) is 49.3 Å². The molecule has 0 unspecified atom stereocenters. The van der Waals surface area contributed by atoms with Crippen LogP contribution in [0.15, 0.2) is 29.3 Å². The van der Waals surface area contributed by atoms with E-state index in [0.29, 0.717) is 5.92 Å². The van der Waals surface area contributed by atoms with Crippen LogP contribution in [0.4, 0.5) is 5.69 Å². The molecule has 1 aliphatic heterocycles. The van der Waals surface area contributed by atoms with E-state index in [0.717, 1.165) is 76.8 Å². The molecule has 164 valence electrons. The number of benzene rings is 1. The van der Waals surface area contributed by atoms with Crippen LogP contribution in [0.3, 0.4) is 0 Å². The van der Waals surface area contributed by atoms with Gasteiger partial charge in [0, 0.05) is 59.2 Å². The first-order valence-corrected chi connectivity index (χ1v) is 10.1. The van der Waals surface area contributed by atoms with Gasteiger partial charge < -0.3 is 25.4 Å². The van der Waals surface area contributed by atoms with Gasteiger partial charge in [-0.15, -0.1) is 24.0 Å². The number of guanidine groups is 1. The maximum atomic E-state index is 11.0. The van der Waals surface area contributed by atoms with Crippen molar-refractivity contribution in [2.75, 3.05) is 51.9 Å². The van der Waals surface area contributed by atoms with Gasteiger partial charge in [-0.2, -0.15) is 0 Å². The molecule has 1 aromatic rings. The fraction of sp³-hybridized carbons (Fsp3) is 0.619. The average molecular weight is 518 g/mol. The van der Waals surface area contributed by atoms with Crippen LogP contribution < -0.4 is 16.0 Å². The summed E-state index contributed by atoms with van der Waals surface area (Å²) in [5.41, 5.74) is 2.03. The van der Waals surface area contributed by atoms with Crippen LogP contribution in [0, 0.1) is 5.92 Å². The Hall–Kier alpha value is -1.39. The molecule has 0 atom stereocenters. The second-order valence-electron chi connectivity index (χ2n) is 7.04. The number of amides is 1. The number of nitrogens with one attached hydrogen (secondary N) is 3. The first-order chi connectivity index (χ1) is 13.7. The molecule has 1 fully saturated rings. The second-order valence-corrected chi connectivity index (χ2v) is 7.04. The van der Waals surface area contributed by atoms with Crippen molar-refractivity contribution in [2.45, 2.75) is 32.6 Å². The van der Waals surface area contributed by atoms with Crippen molar-refractivity contribution in [1.82, 2.24) is 10.6 Å². The molecule has 29 heavy (non-hydrogen) atoms. The summed E-state index contributed by atoms with van der Waals surface area (Å²) in [6.07, 6.45) is 4.07. The molecule has 0 aromatic heterocycles. The zero-order chi connectivity index (χ0) is 20.0. The van der Waals surface area contributed by atoms with E-state index in [1.165, 1.54) is 12.5 Å². The van der Waals surface area contributed by atoms with Crippen LogP contribution in [0.2, 0.25) is 0 Å². The van der Waals surface area contributed by atoms with Gasteiger partial charge in [0.05, 0.1) is 0 Å². The summed E-state index contributed by atoms with van der Waals surface area (Å²) >= 11 is 0. The molecular weight excluding hydrogens is 483 g/mol. The number of carbonyl (C=O) groups is 1. The fourth-order valence-electron chi connectivity index (χ4n) is 3.05. The minimum Gasteiger partial charge on any atom is -0.381 e. The molecule has 8 heteroatoms. The number of halogens is 1. The summed E-state index contributed by atoms with van der Waals surface area (Å²) in [5.74, 6) is 1.40. The lowest BCUT2D eigenvalue weighted by atomic mass is 10.0. The van der Waals surface area contributed by atoms with Crippen LogP contribution in [0.25, 0.3) is 0 Å². The number of hydrogen-bond donors (Lipinski definition) is 3. The van der Waals surface area contributed by atoms with Gasteiger partial charge in [0.1, 0.15) is 0 Å². The number of rotatable bonds is 10. The van der Waals surface area contributed by atoms with E-state index in [2.05, 4.69) is 20.9 Å². The lowest BCUT2D eigenvalue weighted by molar-refractivity contribution is -0.114. The molecule has 0 spiro atoms. The largest absolute Gasteiger partial charge is 0.381 e. The normalized spacial score (nSPS) is 14.8. The number of anilines is 1. The zero-order valence-electron chi connectivity index (χ0n) is 17.5. The molecule has 3 N–H and O–H groups in total. The van der Waals surface area contributed by atoms with E-state index in [4.69, 9.17) is 9.47 Å². The molecule has 1 aliphatic rings. The van der Waals surface area contributed by atoms with Gasteiger partial charge >= 0.3 is 0 Å². The van der Waals surface area contributed by atoms with Crippen LogP contribution in [-0.2, 0) is 20.7 Å². The molecule has 1 saturated heterocycles. The van der Waals surface area contributed by atoms with E-state index in [1.807, 2.05) is 24.3 Å². The van der Waals surface area contributed by atoms with Gasteiger partial charge in [0.25, 0.3) is 0 Å². The van der Waals surface area contributed by atoms with E-state index >= 15 is 0 Å². The molecule has 2 rings (SSSR count). The standard InChI is InChI=1S/C21H34N4O3.HI/c1-17(26)25-20-6-4-18(5-7-20)8-12-24-21(22-2)23-11-3-13-28-16-19-9-14-27-15-10-19;/h4-7,19H,3,8-16H2,1-2H3,(H,25,26)(H2,22,23,24);1H. The Labute approximate surface area is 191 Å². The zero-order valence-corrected chi connectivity index (χ0v) is 19.9. The van der Waals surface area contributed by atoms with Gasteiger partial charge in [-0.3, -0.25) is 9.79 Å². The number of nitrogens with zero attached hydrogens (tertiary/aromatic N) is 1. The van der Waals surface area contributed by atoms with E-state index in [1.54, 1.807) is 7.05 Å². The minimum atomic E-state index is -0.0572. The molecule has 7 nitrogen and oxygen atoms in total. The Balaban J connectivity index is 0.00000420. The highest BCUT2D eigenvalue weighted by Crippen LogP contribution is 2.14. The van der Waals surface area contributed by atoms with E-state index < -0.39 is 0 Å². The van der Waals surface area contributed by atoms with Crippen molar-refractivity contribution < 1.29 is 14.3 Å². The predicted octanol–water partition coefficient (Wildman–Crippen LogP) is 2.80. The van der Waals surface area contributed by atoms with Crippen molar-refractivity contribution >= 4 is 41.5 Å². The molecule has 0 aliphatic carbocycles.